The Labute approximate surface area is 140 Å². The van der Waals surface area contributed by atoms with Gasteiger partial charge in [-0.25, -0.2) is 12.4 Å². The van der Waals surface area contributed by atoms with Crippen LogP contribution < -0.4 is 10.2 Å². The highest BCUT2D eigenvalue weighted by Crippen LogP contribution is 2.30. The zero-order chi connectivity index (χ0) is 16.6. The zero-order valence-corrected chi connectivity index (χ0v) is 13.9. The molecule has 1 N–H and O–H groups in total. The summed E-state index contributed by atoms with van der Waals surface area (Å²) < 4.78 is 27.4. The van der Waals surface area contributed by atoms with E-state index in [4.69, 9.17) is 0 Å². The third kappa shape index (κ3) is 2.46. The molecule has 0 spiro atoms. The molecule has 7 heteroatoms. The van der Waals surface area contributed by atoms with Crippen molar-refractivity contribution in [1.82, 2.24) is 14.3 Å². The Balaban J connectivity index is 1.90. The van der Waals surface area contributed by atoms with E-state index >= 15 is 0 Å². The van der Waals surface area contributed by atoms with Crippen LogP contribution >= 0.6 is 0 Å². The molecule has 4 rings (SSSR count). The number of benzene rings is 1. The van der Waals surface area contributed by atoms with Crippen LogP contribution in [-0.4, -0.2) is 43.6 Å². The van der Waals surface area contributed by atoms with E-state index < -0.39 is 10.0 Å². The first-order valence-corrected chi connectivity index (χ1v) is 9.34. The van der Waals surface area contributed by atoms with Gasteiger partial charge in [0.05, 0.1) is 16.1 Å². The number of hydrogen-bond acceptors (Lipinski definition) is 5. The van der Waals surface area contributed by atoms with Gasteiger partial charge in [0.25, 0.3) is 10.0 Å². The molecule has 0 atom stereocenters. The van der Waals surface area contributed by atoms with Gasteiger partial charge in [-0.2, -0.15) is 0 Å². The molecule has 1 aliphatic rings. The molecule has 2 aromatic heterocycles. The van der Waals surface area contributed by atoms with Gasteiger partial charge in [0.1, 0.15) is 5.52 Å². The van der Waals surface area contributed by atoms with Crippen LogP contribution in [0.3, 0.4) is 0 Å². The summed E-state index contributed by atoms with van der Waals surface area (Å²) in [6.07, 6.45) is 3.40. The number of hydrogen-bond donors (Lipinski definition) is 1. The van der Waals surface area contributed by atoms with Gasteiger partial charge < -0.3 is 10.2 Å². The van der Waals surface area contributed by atoms with E-state index in [0.717, 1.165) is 37.4 Å². The first kappa shape index (κ1) is 15.2. The predicted octanol–water partition coefficient (Wildman–Crippen LogP) is 1.68. The normalized spacial score (nSPS) is 15.8. The topological polar surface area (TPSA) is 67.2 Å². The van der Waals surface area contributed by atoms with E-state index in [2.05, 4.69) is 15.2 Å². The van der Waals surface area contributed by atoms with Crippen LogP contribution in [0.4, 0.5) is 5.69 Å². The van der Waals surface area contributed by atoms with Crippen molar-refractivity contribution < 1.29 is 8.42 Å². The Hall–Kier alpha value is -2.38. The molecular formula is C17H18N4O2S. The molecule has 0 unspecified atom stereocenters. The smallest absolute Gasteiger partial charge is 0.268 e. The second-order valence-electron chi connectivity index (χ2n) is 5.74. The fourth-order valence-electron chi connectivity index (χ4n) is 3.06. The Morgan fingerprint density at radius 1 is 1.00 bits per heavy atom. The van der Waals surface area contributed by atoms with Crippen LogP contribution in [-0.2, 0) is 10.0 Å². The maximum absolute atomic E-state index is 13.0. The molecule has 3 aromatic rings. The highest BCUT2D eigenvalue weighted by atomic mass is 32.2. The molecule has 1 fully saturated rings. The third-order valence-corrected chi connectivity index (χ3v) is 5.95. The number of nitrogens with zero attached hydrogens (tertiary/aromatic N) is 3. The van der Waals surface area contributed by atoms with Crippen molar-refractivity contribution in [1.29, 1.82) is 0 Å². The lowest BCUT2D eigenvalue weighted by Crippen LogP contribution is -2.43. The largest absolute Gasteiger partial charge is 0.366 e. The van der Waals surface area contributed by atoms with Crippen molar-refractivity contribution in [3.63, 3.8) is 0 Å². The van der Waals surface area contributed by atoms with Gasteiger partial charge >= 0.3 is 0 Å². The molecule has 3 heterocycles. The summed E-state index contributed by atoms with van der Waals surface area (Å²) in [5.41, 5.74) is 2.19. The van der Waals surface area contributed by atoms with E-state index in [9.17, 15) is 8.42 Å². The quantitative estimate of drug-likeness (QED) is 0.784. The van der Waals surface area contributed by atoms with Crippen LogP contribution in [0, 0.1) is 0 Å². The molecule has 0 amide bonds. The molecule has 1 saturated heterocycles. The molecule has 1 aromatic carbocycles. The molecule has 0 bridgehead atoms. The van der Waals surface area contributed by atoms with Crippen molar-refractivity contribution in [2.75, 3.05) is 31.1 Å². The Kier molecular flexibility index (Phi) is 3.74. The monoisotopic (exact) mass is 342 g/mol. The van der Waals surface area contributed by atoms with E-state index in [-0.39, 0.29) is 4.90 Å². The van der Waals surface area contributed by atoms with Gasteiger partial charge in [0.15, 0.2) is 0 Å². The van der Waals surface area contributed by atoms with Gasteiger partial charge in [-0.05, 0) is 24.3 Å². The van der Waals surface area contributed by atoms with Gasteiger partial charge in [0, 0.05) is 38.6 Å². The number of pyridine rings is 1. The van der Waals surface area contributed by atoms with E-state index in [1.54, 1.807) is 54.9 Å². The lowest BCUT2D eigenvalue weighted by Gasteiger charge is -2.28. The molecule has 124 valence electrons. The molecule has 24 heavy (non-hydrogen) atoms. The number of aromatic nitrogens is 2. The molecule has 0 aliphatic carbocycles. The van der Waals surface area contributed by atoms with E-state index in [0.29, 0.717) is 5.52 Å². The standard InChI is InChI=1S/C17H18N4O2S/c22-24(23,14-5-2-1-3-6-14)21-13-16(20-11-9-18-10-12-20)17-15(21)7-4-8-19-17/h1-8,13,18H,9-12H2. The van der Waals surface area contributed by atoms with Crippen molar-refractivity contribution in [2.24, 2.45) is 0 Å². The summed E-state index contributed by atoms with van der Waals surface area (Å²) in [6.45, 7) is 3.43. The van der Waals surface area contributed by atoms with Crippen molar-refractivity contribution in [3.8, 4) is 0 Å². The summed E-state index contributed by atoms with van der Waals surface area (Å²) >= 11 is 0. The fraction of sp³-hybridized carbons (Fsp3) is 0.235. The average Bonchev–Trinajstić information content (AvgIpc) is 3.04. The number of piperazine rings is 1. The maximum Gasteiger partial charge on any atom is 0.268 e. The Morgan fingerprint density at radius 2 is 1.75 bits per heavy atom. The van der Waals surface area contributed by atoms with E-state index in [1.165, 1.54) is 3.97 Å². The van der Waals surface area contributed by atoms with Gasteiger partial charge in [-0.3, -0.25) is 4.98 Å². The zero-order valence-electron chi connectivity index (χ0n) is 13.1. The number of fused-ring (bicyclic) bond motifs is 1. The minimum absolute atomic E-state index is 0.276. The summed E-state index contributed by atoms with van der Waals surface area (Å²) in [4.78, 5) is 6.90. The highest BCUT2D eigenvalue weighted by Gasteiger charge is 2.24. The first-order valence-electron chi connectivity index (χ1n) is 7.90. The highest BCUT2D eigenvalue weighted by molar-refractivity contribution is 7.90. The SMILES string of the molecule is O=S(=O)(c1ccccc1)n1cc(N2CCNCC2)c2ncccc21. The number of anilines is 1. The molecule has 1 aliphatic heterocycles. The van der Waals surface area contributed by atoms with Crippen molar-refractivity contribution in [2.45, 2.75) is 4.90 Å². The van der Waals surface area contributed by atoms with Crippen LogP contribution in [0.25, 0.3) is 11.0 Å². The Bertz CT molecular complexity index is 961. The minimum Gasteiger partial charge on any atom is -0.366 e. The average molecular weight is 342 g/mol. The predicted molar refractivity (Wildman–Crippen MR) is 93.8 cm³/mol. The van der Waals surface area contributed by atoms with Crippen LogP contribution in [0.15, 0.2) is 59.8 Å². The van der Waals surface area contributed by atoms with Gasteiger partial charge in [-0.1, -0.05) is 18.2 Å². The second kappa shape index (κ2) is 5.92. The minimum atomic E-state index is -3.65. The van der Waals surface area contributed by atoms with Crippen LogP contribution in [0.2, 0.25) is 0 Å². The van der Waals surface area contributed by atoms with Gasteiger partial charge in [0.2, 0.25) is 0 Å². The summed E-state index contributed by atoms with van der Waals surface area (Å²) in [5.74, 6) is 0. The van der Waals surface area contributed by atoms with Crippen LogP contribution in [0.5, 0.6) is 0 Å². The second-order valence-corrected chi connectivity index (χ2v) is 7.55. The first-order chi connectivity index (χ1) is 11.7. The van der Waals surface area contributed by atoms with Gasteiger partial charge in [-0.15, -0.1) is 0 Å². The summed E-state index contributed by atoms with van der Waals surface area (Å²) in [5, 5.41) is 3.31. The third-order valence-electron chi connectivity index (χ3n) is 4.26. The Morgan fingerprint density at radius 3 is 2.50 bits per heavy atom. The summed E-state index contributed by atoms with van der Waals surface area (Å²) in [7, 11) is -3.65. The molecule has 0 saturated carbocycles. The maximum atomic E-state index is 13.0. The summed E-state index contributed by atoms with van der Waals surface area (Å²) in [6, 6.07) is 12.1. The van der Waals surface area contributed by atoms with Crippen molar-refractivity contribution >= 4 is 26.7 Å². The lowest BCUT2D eigenvalue weighted by atomic mass is 10.3. The number of nitrogens with one attached hydrogen (secondary N) is 1. The van der Waals surface area contributed by atoms with Crippen LogP contribution in [0.1, 0.15) is 0 Å². The molecule has 0 radical (unpaired) electrons. The van der Waals surface area contributed by atoms with E-state index in [1.807, 2.05) is 0 Å². The lowest BCUT2D eigenvalue weighted by molar-refractivity contribution is 0.586. The molecular weight excluding hydrogens is 324 g/mol. The van der Waals surface area contributed by atoms with Crippen molar-refractivity contribution in [3.05, 3.63) is 54.9 Å². The fourth-order valence-corrected chi connectivity index (χ4v) is 4.43. The number of rotatable bonds is 3. The molecule has 6 nitrogen and oxygen atoms in total.